The van der Waals surface area contributed by atoms with Crippen LogP contribution in [-0.4, -0.2) is 32.0 Å². The molecule has 1 aliphatic rings. The molecule has 0 bridgehead atoms. The Morgan fingerprint density at radius 3 is 2.88 bits per heavy atom. The second kappa shape index (κ2) is 5.60. The van der Waals surface area contributed by atoms with E-state index in [9.17, 15) is 5.11 Å². The molecule has 1 aromatic rings. The molecule has 0 aliphatic heterocycles. The fraction of sp³-hybridized carbons (Fsp3) is 0.833. The lowest BCUT2D eigenvalue weighted by molar-refractivity contribution is 0.00450. The van der Waals surface area contributed by atoms with Gasteiger partial charge >= 0.3 is 0 Å². The smallest absolute Gasteiger partial charge is 0.146 e. The van der Waals surface area contributed by atoms with E-state index in [1.165, 1.54) is 6.42 Å². The summed E-state index contributed by atoms with van der Waals surface area (Å²) in [5, 5.41) is 21.6. The molecule has 1 saturated carbocycles. The predicted molar refractivity (Wildman–Crippen MR) is 65.4 cm³/mol. The number of hydrogen-bond acceptors (Lipinski definition) is 4. The van der Waals surface area contributed by atoms with Crippen LogP contribution in [0.2, 0.25) is 0 Å². The van der Waals surface area contributed by atoms with E-state index in [2.05, 4.69) is 22.4 Å². The van der Waals surface area contributed by atoms with E-state index in [4.69, 9.17) is 0 Å². The Morgan fingerprint density at radius 2 is 2.18 bits per heavy atom. The van der Waals surface area contributed by atoms with Crippen molar-refractivity contribution in [1.29, 1.82) is 0 Å². The normalized spacial score (nSPS) is 19.4. The minimum absolute atomic E-state index is 0.505. The number of rotatable bonds is 5. The van der Waals surface area contributed by atoms with Gasteiger partial charge in [-0.25, -0.2) is 0 Å². The van der Waals surface area contributed by atoms with Crippen molar-refractivity contribution in [2.45, 2.75) is 57.7 Å². The molecule has 96 valence electrons. The lowest BCUT2D eigenvalue weighted by Crippen LogP contribution is -2.42. The molecule has 0 amide bonds. The van der Waals surface area contributed by atoms with Gasteiger partial charge in [-0.1, -0.05) is 19.3 Å². The average molecular weight is 238 g/mol. The van der Waals surface area contributed by atoms with Gasteiger partial charge < -0.3 is 15.0 Å². The molecule has 0 radical (unpaired) electrons. The Bertz CT molecular complexity index is 344. The third-order valence-electron chi connectivity index (χ3n) is 3.56. The molecule has 0 atom stereocenters. The monoisotopic (exact) mass is 238 g/mol. The van der Waals surface area contributed by atoms with Crippen LogP contribution in [0.3, 0.4) is 0 Å². The first-order valence-electron chi connectivity index (χ1n) is 6.53. The van der Waals surface area contributed by atoms with Crippen molar-refractivity contribution < 1.29 is 5.11 Å². The van der Waals surface area contributed by atoms with Gasteiger partial charge in [0.25, 0.3) is 0 Å². The highest BCUT2D eigenvalue weighted by molar-refractivity contribution is 4.88. The van der Waals surface area contributed by atoms with Crippen LogP contribution in [0.4, 0.5) is 0 Å². The highest BCUT2D eigenvalue weighted by Gasteiger charge is 2.28. The lowest BCUT2D eigenvalue weighted by Gasteiger charge is -2.32. The van der Waals surface area contributed by atoms with E-state index < -0.39 is 5.60 Å². The molecular weight excluding hydrogens is 216 g/mol. The first-order chi connectivity index (χ1) is 8.23. The van der Waals surface area contributed by atoms with E-state index in [0.717, 1.165) is 38.1 Å². The summed E-state index contributed by atoms with van der Waals surface area (Å²) in [6.07, 6.45) is 7.12. The minimum Gasteiger partial charge on any atom is -0.389 e. The SMILES string of the molecule is CCn1cnnc1CNCC1(O)CCCCC1. The standard InChI is InChI=1S/C12H22N4O/c1-2-16-10-14-15-11(16)8-13-9-12(17)6-4-3-5-7-12/h10,13,17H,2-9H2,1H3. The van der Waals surface area contributed by atoms with Crippen molar-refractivity contribution in [2.75, 3.05) is 6.54 Å². The Kier molecular flexibility index (Phi) is 4.12. The summed E-state index contributed by atoms with van der Waals surface area (Å²) >= 11 is 0. The third kappa shape index (κ3) is 3.26. The maximum Gasteiger partial charge on any atom is 0.146 e. The number of aryl methyl sites for hydroxylation is 1. The van der Waals surface area contributed by atoms with Crippen LogP contribution in [0.25, 0.3) is 0 Å². The molecule has 0 unspecified atom stereocenters. The predicted octanol–water partition coefficient (Wildman–Crippen LogP) is 1.08. The van der Waals surface area contributed by atoms with Crippen LogP contribution in [0, 0.1) is 0 Å². The zero-order valence-corrected chi connectivity index (χ0v) is 10.5. The Hall–Kier alpha value is -0.940. The first-order valence-corrected chi connectivity index (χ1v) is 6.53. The third-order valence-corrected chi connectivity index (χ3v) is 3.56. The van der Waals surface area contributed by atoms with Crippen molar-refractivity contribution in [1.82, 2.24) is 20.1 Å². The van der Waals surface area contributed by atoms with Gasteiger partial charge in [-0.2, -0.15) is 0 Å². The van der Waals surface area contributed by atoms with Crippen LogP contribution in [0.1, 0.15) is 44.9 Å². The maximum absolute atomic E-state index is 10.3. The van der Waals surface area contributed by atoms with Crippen LogP contribution in [0.5, 0.6) is 0 Å². The average Bonchev–Trinajstić information content (AvgIpc) is 2.77. The largest absolute Gasteiger partial charge is 0.389 e. The second-order valence-electron chi connectivity index (χ2n) is 4.92. The molecule has 2 rings (SSSR count). The maximum atomic E-state index is 10.3. The molecular formula is C12H22N4O. The lowest BCUT2D eigenvalue weighted by atomic mass is 9.85. The quantitative estimate of drug-likeness (QED) is 0.806. The summed E-state index contributed by atoms with van der Waals surface area (Å²) in [7, 11) is 0. The van der Waals surface area contributed by atoms with E-state index >= 15 is 0 Å². The zero-order chi connectivity index (χ0) is 12.1. The van der Waals surface area contributed by atoms with Gasteiger partial charge in [0.05, 0.1) is 12.1 Å². The number of nitrogens with one attached hydrogen (secondary N) is 1. The van der Waals surface area contributed by atoms with Crippen LogP contribution in [-0.2, 0) is 13.1 Å². The highest BCUT2D eigenvalue weighted by atomic mass is 16.3. The van der Waals surface area contributed by atoms with Crippen LogP contribution < -0.4 is 5.32 Å². The number of aliphatic hydroxyl groups is 1. The molecule has 0 spiro atoms. The number of hydrogen-bond donors (Lipinski definition) is 2. The molecule has 5 heteroatoms. The molecule has 2 N–H and O–H groups in total. The van der Waals surface area contributed by atoms with Crippen molar-refractivity contribution in [3.05, 3.63) is 12.2 Å². The Morgan fingerprint density at radius 1 is 1.41 bits per heavy atom. The Balaban J connectivity index is 1.79. The van der Waals surface area contributed by atoms with Crippen molar-refractivity contribution in [3.8, 4) is 0 Å². The van der Waals surface area contributed by atoms with E-state index in [-0.39, 0.29) is 0 Å². The van der Waals surface area contributed by atoms with E-state index in [0.29, 0.717) is 13.1 Å². The van der Waals surface area contributed by atoms with Gasteiger partial charge in [-0.05, 0) is 19.8 Å². The number of aromatic nitrogens is 3. The van der Waals surface area contributed by atoms with Gasteiger partial charge in [0.15, 0.2) is 0 Å². The van der Waals surface area contributed by atoms with Gasteiger partial charge in [0.2, 0.25) is 0 Å². The molecule has 0 saturated heterocycles. The molecule has 1 heterocycles. The highest BCUT2D eigenvalue weighted by Crippen LogP contribution is 2.27. The summed E-state index contributed by atoms with van der Waals surface area (Å²) in [5.41, 5.74) is -0.505. The summed E-state index contributed by atoms with van der Waals surface area (Å²) < 4.78 is 2.01. The molecule has 1 fully saturated rings. The summed E-state index contributed by atoms with van der Waals surface area (Å²) in [6.45, 7) is 4.29. The van der Waals surface area contributed by atoms with Crippen molar-refractivity contribution >= 4 is 0 Å². The van der Waals surface area contributed by atoms with Gasteiger partial charge in [-0.15, -0.1) is 10.2 Å². The first kappa shape index (κ1) is 12.5. The van der Waals surface area contributed by atoms with Gasteiger partial charge in [0.1, 0.15) is 12.2 Å². The summed E-state index contributed by atoms with van der Waals surface area (Å²) in [4.78, 5) is 0. The zero-order valence-electron chi connectivity index (χ0n) is 10.5. The Labute approximate surface area is 102 Å². The molecule has 5 nitrogen and oxygen atoms in total. The molecule has 1 aromatic heterocycles. The molecule has 0 aromatic carbocycles. The summed E-state index contributed by atoms with van der Waals surface area (Å²) in [5.74, 6) is 0.937. The second-order valence-corrected chi connectivity index (χ2v) is 4.92. The minimum atomic E-state index is -0.505. The van der Waals surface area contributed by atoms with Crippen molar-refractivity contribution in [2.24, 2.45) is 0 Å². The molecule has 17 heavy (non-hydrogen) atoms. The van der Waals surface area contributed by atoms with Crippen LogP contribution >= 0.6 is 0 Å². The van der Waals surface area contributed by atoms with E-state index in [1.807, 2.05) is 4.57 Å². The van der Waals surface area contributed by atoms with Crippen molar-refractivity contribution in [3.63, 3.8) is 0 Å². The summed E-state index contributed by atoms with van der Waals surface area (Å²) in [6, 6.07) is 0. The molecule has 1 aliphatic carbocycles. The van der Waals surface area contributed by atoms with E-state index in [1.54, 1.807) is 6.33 Å². The topological polar surface area (TPSA) is 63.0 Å². The van der Waals surface area contributed by atoms with Gasteiger partial charge in [-0.3, -0.25) is 0 Å². The van der Waals surface area contributed by atoms with Crippen LogP contribution in [0.15, 0.2) is 6.33 Å². The number of nitrogens with zero attached hydrogens (tertiary/aromatic N) is 3. The fourth-order valence-electron chi connectivity index (χ4n) is 2.47. The van der Waals surface area contributed by atoms with Gasteiger partial charge in [0, 0.05) is 13.1 Å². The fourth-order valence-corrected chi connectivity index (χ4v) is 2.47.